The number of hydrogen-bond acceptors (Lipinski definition) is 3. The highest BCUT2D eigenvalue weighted by atomic mass is 19.1. The highest BCUT2D eigenvalue weighted by molar-refractivity contribution is 5.88. The van der Waals surface area contributed by atoms with Crippen molar-refractivity contribution in [1.29, 1.82) is 0 Å². The Hall–Kier alpha value is -2.50. The summed E-state index contributed by atoms with van der Waals surface area (Å²) in [5, 5.41) is 5.26. The topological polar surface area (TPSA) is 66.9 Å². The van der Waals surface area contributed by atoms with Gasteiger partial charge in [0.2, 0.25) is 0 Å². The van der Waals surface area contributed by atoms with E-state index in [2.05, 4.69) is 20.6 Å². The smallest absolute Gasteiger partial charge is 0.320 e. The second kappa shape index (κ2) is 5.90. The maximum Gasteiger partial charge on any atom is 0.320 e. The molecule has 0 aromatic carbocycles. The molecular weight excluding hydrogens is 247 g/mol. The van der Waals surface area contributed by atoms with Gasteiger partial charge in [-0.25, -0.2) is 14.2 Å². The van der Waals surface area contributed by atoms with Crippen LogP contribution in [0, 0.1) is 5.82 Å². The lowest BCUT2D eigenvalue weighted by molar-refractivity contribution is 0.249. The standard InChI is InChI=1S/C13H13FN4O/c1-9(10-3-2-6-15-7-10)17-13(19)18-12-5-4-11(14)8-16-12/h2-9H,1H3,(H2,16,17,18,19)/t9-/m1/s1. The van der Waals surface area contributed by atoms with Crippen LogP contribution in [0.25, 0.3) is 0 Å². The molecule has 2 aromatic heterocycles. The Morgan fingerprint density at radius 2 is 2.16 bits per heavy atom. The minimum absolute atomic E-state index is 0.186. The lowest BCUT2D eigenvalue weighted by atomic mass is 10.1. The third kappa shape index (κ3) is 3.74. The van der Waals surface area contributed by atoms with Crippen LogP contribution in [0.4, 0.5) is 15.0 Å². The molecule has 2 rings (SSSR count). The Kier molecular flexibility index (Phi) is 4.02. The van der Waals surface area contributed by atoms with Crippen LogP contribution in [-0.4, -0.2) is 16.0 Å². The maximum atomic E-state index is 12.7. The molecule has 6 heteroatoms. The second-order valence-corrected chi connectivity index (χ2v) is 3.97. The zero-order chi connectivity index (χ0) is 13.7. The SMILES string of the molecule is C[C@@H](NC(=O)Nc1ccc(F)cn1)c1cccnc1. The number of carbonyl (C=O) groups is 1. The van der Waals surface area contributed by atoms with Crippen molar-refractivity contribution in [3.63, 3.8) is 0 Å². The Balaban J connectivity index is 1.93. The molecule has 0 saturated heterocycles. The maximum absolute atomic E-state index is 12.7. The van der Waals surface area contributed by atoms with E-state index in [0.717, 1.165) is 11.8 Å². The molecule has 2 heterocycles. The Morgan fingerprint density at radius 1 is 1.32 bits per heavy atom. The van der Waals surface area contributed by atoms with E-state index in [1.807, 2.05) is 13.0 Å². The molecule has 19 heavy (non-hydrogen) atoms. The van der Waals surface area contributed by atoms with Gasteiger partial charge in [-0.3, -0.25) is 10.3 Å². The van der Waals surface area contributed by atoms with Crippen molar-refractivity contribution in [1.82, 2.24) is 15.3 Å². The number of rotatable bonds is 3. The molecule has 0 aliphatic rings. The fraction of sp³-hybridized carbons (Fsp3) is 0.154. The molecule has 0 unspecified atom stereocenters. The van der Waals surface area contributed by atoms with E-state index in [4.69, 9.17) is 0 Å². The van der Waals surface area contributed by atoms with Crippen LogP contribution in [0.1, 0.15) is 18.5 Å². The molecule has 0 aliphatic carbocycles. The van der Waals surface area contributed by atoms with Crippen molar-refractivity contribution in [2.24, 2.45) is 0 Å². The largest absolute Gasteiger partial charge is 0.331 e. The third-order valence-electron chi connectivity index (χ3n) is 2.50. The Morgan fingerprint density at radius 3 is 2.79 bits per heavy atom. The van der Waals surface area contributed by atoms with E-state index < -0.39 is 11.8 Å². The molecule has 2 N–H and O–H groups in total. The molecule has 2 aromatic rings. The second-order valence-electron chi connectivity index (χ2n) is 3.97. The molecule has 0 bridgehead atoms. The average Bonchev–Trinajstić information content (AvgIpc) is 2.42. The van der Waals surface area contributed by atoms with Crippen LogP contribution in [0.3, 0.4) is 0 Å². The summed E-state index contributed by atoms with van der Waals surface area (Å²) in [6.45, 7) is 1.84. The van der Waals surface area contributed by atoms with Crippen molar-refractivity contribution in [3.05, 3.63) is 54.2 Å². The summed E-state index contributed by atoms with van der Waals surface area (Å²) in [6.07, 6.45) is 4.39. The van der Waals surface area contributed by atoms with E-state index in [1.54, 1.807) is 18.5 Å². The van der Waals surface area contributed by atoms with Gasteiger partial charge in [0.15, 0.2) is 0 Å². The van der Waals surface area contributed by atoms with E-state index in [0.29, 0.717) is 0 Å². The number of pyridine rings is 2. The quantitative estimate of drug-likeness (QED) is 0.891. The summed E-state index contributed by atoms with van der Waals surface area (Å²) in [4.78, 5) is 19.4. The zero-order valence-electron chi connectivity index (χ0n) is 10.3. The molecule has 1 atom stereocenters. The summed E-state index contributed by atoms with van der Waals surface area (Å²) in [5.41, 5.74) is 0.893. The number of anilines is 1. The molecule has 0 saturated carbocycles. The highest BCUT2D eigenvalue weighted by Gasteiger charge is 2.09. The Bertz CT molecular complexity index is 544. The summed E-state index contributed by atoms with van der Waals surface area (Å²) in [5.74, 6) is -0.160. The number of carbonyl (C=O) groups excluding carboxylic acids is 1. The van der Waals surface area contributed by atoms with Crippen molar-refractivity contribution >= 4 is 11.8 Å². The van der Waals surface area contributed by atoms with Crippen LogP contribution in [-0.2, 0) is 0 Å². The normalized spacial score (nSPS) is 11.7. The van der Waals surface area contributed by atoms with Crippen molar-refractivity contribution in [2.45, 2.75) is 13.0 Å². The van der Waals surface area contributed by atoms with Gasteiger partial charge in [-0.2, -0.15) is 0 Å². The first kappa shape index (κ1) is 12.9. The minimum Gasteiger partial charge on any atom is -0.331 e. The van der Waals surface area contributed by atoms with Crippen molar-refractivity contribution in [3.8, 4) is 0 Å². The first-order chi connectivity index (χ1) is 9.15. The van der Waals surface area contributed by atoms with Gasteiger partial charge in [0.25, 0.3) is 0 Å². The molecule has 0 fully saturated rings. The molecule has 5 nitrogen and oxygen atoms in total. The fourth-order valence-electron chi connectivity index (χ4n) is 1.51. The number of halogens is 1. The summed E-state index contributed by atoms with van der Waals surface area (Å²) < 4.78 is 12.7. The van der Waals surface area contributed by atoms with E-state index in [1.165, 1.54) is 12.1 Å². The number of aromatic nitrogens is 2. The van der Waals surface area contributed by atoms with Crippen LogP contribution >= 0.6 is 0 Å². The van der Waals surface area contributed by atoms with Gasteiger partial charge in [0.05, 0.1) is 12.2 Å². The lowest BCUT2D eigenvalue weighted by Gasteiger charge is -2.14. The number of urea groups is 1. The van der Waals surface area contributed by atoms with Crippen LogP contribution in [0.15, 0.2) is 42.9 Å². The molecule has 98 valence electrons. The molecule has 0 aliphatic heterocycles. The molecular formula is C13H13FN4O. The van der Waals surface area contributed by atoms with Crippen LogP contribution in [0.2, 0.25) is 0 Å². The minimum atomic E-state index is -0.449. The van der Waals surface area contributed by atoms with E-state index in [-0.39, 0.29) is 11.9 Å². The number of nitrogens with zero attached hydrogens (tertiary/aromatic N) is 2. The Labute approximate surface area is 109 Å². The fourth-order valence-corrected chi connectivity index (χ4v) is 1.51. The van der Waals surface area contributed by atoms with Crippen molar-refractivity contribution < 1.29 is 9.18 Å². The van der Waals surface area contributed by atoms with E-state index in [9.17, 15) is 9.18 Å². The predicted octanol–water partition coefficient (Wildman–Crippen LogP) is 2.50. The number of hydrogen-bond donors (Lipinski definition) is 2. The van der Waals surface area contributed by atoms with Crippen molar-refractivity contribution in [2.75, 3.05) is 5.32 Å². The lowest BCUT2D eigenvalue weighted by Crippen LogP contribution is -2.31. The first-order valence-electron chi connectivity index (χ1n) is 5.74. The summed E-state index contributed by atoms with van der Waals surface area (Å²) in [6, 6.07) is 5.70. The monoisotopic (exact) mass is 260 g/mol. The molecule has 0 radical (unpaired) electrons. The molecule has 2 amide bonds. The van der Waals surface area contributed by atoms with Crippen LogP contribution < -0.4 is 10.6 Å². The van der Waals surface area contributed by atoms with Gasteiger partial charge < -0.3 is 5.32 Å². The van der Waals surface area contributed by atoms with Crippen LogP contribution in [0.5, 0.6) is 0 Å². The van der Waals surface area contributed by atoms with Gasteiger partial charge in [-0.15, -0.1) is 0 Å². The third-order valence-corrected chi connectivity index (χ3v) is 2.50. The number of amides is 2. The first-order valence-corrected chi connectivity index (χ1v) is 5.74. The van der Waals surface area contributed by atoms with Gasteiger partial charge in [0, 0.05) is 12.4 Å². The highest BCUT2D eigenvalue weighted by Crippen LogP contribution is 2.10. The summed E-state index contributed by atoms with van der Waals surface area (Å²) in [7, 11) is 0. The van der Waals surface area contributed by atoms with Gasteiger partial charge in [-0.1, -0.05) is 6.07 Å². The average molecular weight is 260 g/mol. The predicted molar refractivity (Wildman–Crippen MR) is 69.0 cm³/mol. The number of nitrogens with one attached hydrogen (secondary N) is 2. The van der Waals surface area contributed by atoms with E-state index >= 15 is 0 Å². The molecule has 0 spiro atoms. The summed E-state index contributed by atoms with van der Waals surface area (Å²) >= 11 is 0. The van der Waals surface area contributed by atoms with Gasteiger partial charge in [-0.05, 0) is 30.7 Å². The van der Waals surface area contributed by atoms with Gasteiger partial charge in [0.1, 0.15) is 11.6 Å². The zero-order valence-corrected chi connectivity index (χ0v) is 10.3. The van der Waals surface area contributed by atoms with Gasteiger partial charge >= 0.3 is 6.03 Å².